The summed E-state index contributed by atoms with van der Waals surface area (Å²) < 4.78 is 11.9. The van der Waals surface area contributed by atoms with Crippen molar-refractivity contribution in [2.75, 3.05) is 18.5 Å². The lowest BCUT2D eigenvalue weighted by molar-refractivity contribution is -0.115. The average molecular weight is 396 g/mol. The van der Waals surface area contributed by atoms with Crippen LogP contribution in [0.2, 0.25) is 0 Å². The normalized spacial score (nSPS) is 16.2. The molecule has 1 aromatic carbocycles. The van der Waals surface area contributed by atoms with Crippen molar-refractivity contribution in [3.63, 3.8) is 0 Å². The molecular formula is C15H14BrN3O3S. The number of rotatable bonds is 4. The van der Waals surface area contributed by atoms with Gasteiger partial charge in [-0.05, 0) is 30.5 Å². The van der Waals surface area contributed by atoms with Gasteiger partial charge in [0.05, 0.1) is 6.42 Å². The predicted octanol–water partition coefficient (Wildman–Crippen LogP) is 3.13. The molecule has 1 aliphatic carbocycles. The van der Waals surface area contributed by atoms with E-state index in [1.54, 1.807) is 0 Å². The Kier molecular flexibility index (Phi) is 3.94. The summed E-state index contributed by atoms with van der Waals surface area (Å²) in [5.74, 6) is 1.80. The van der Waals surface area contributed by atoms with Crippen LogP contribution in [0.3, 0.4) is 0 Å². The first-order valence-electron chi connectivity index (χ1n) is 7.40. The lowest BCUT2D eigenvalue weighted by atomic mass is 10.1. The highest BCUT2D eigenvalue weighted by Crippen LogP contribution is 2.42. The van der Waals surface area contributed by atoms with Crippen LogP contribution in [-0.4, -0.2) is 29.3 Å². The summed E-state index contributed by atoms with van der Waals surface area (Å²) in [5, 5.41) is 12.5. The van der Waals surface area contributed by atoms with Crippen molar-refractivity contribution in [3.8, 4) is 11.5 Å². The smallest absolute Gasteiger partial charge is 0.230 e. The number of anilines is 1. The van der Waals surface area contributed by atoms with E-state index in [2.05, 4.69) is 31.4 Å². The van der Waals surface area contributed by atoms with Crippen LogP contribution in [-0.2, 0) is 11.2 Å². The molecule has 2 aromatic rings. The molecule has 4 rings (SSSR count). The maximum Gasteiger partial charge on any atom is 0.230 e. The van der Waals surface area contributed by atoms with Crippen LogP contribution in [0.4, 0.5) is 5.13 Å². The predicted molar refractivity (Wildman–Crippen MR) is 89.3 cm³/mol. The molecule has 0 unspecified atom stereocenters. The Hall–Kier alpha value is -1.67. The Morgan fingerprint density at radius 3 is 2.74 bits per heavy atom. The van der Waals surface area contributed by atoms with Crippen LogP contribution in [0.25, 0.3) is 0 Å². The number of ether oxygens (including phenoxy) is 2. The van der Waals surface area contributed by atoms with Crippen molar-refractivity contribution in [2.24, 2.45) is 0 Å². The molecule has 2 heterocycles. The average Bonchev–Trinajstić information content (AvgIpc) is 3.28. The molecule has 1 saturated carbocycles. The third-order valence-electron chi connectivity index (χ3n) is 3.68. The van der Waals surface area contributed by atoms with E-state index >= 15 is 0 Å². The summed E-state index contributed by atoms with van der Waals surface area (Å²) in [6.45, 7) is 1.06. The van der Waals surface area contributed by atoms with E-state index in [-0.39, 0.29) is 12.3 Å². The van der Waals surface area contributed by atoms with Crippen LogP contribution in [0.15, 0.2) is 16.6 Å². The van der Waals surface area contributed by atoms with Gasteiger partial charge in [-0.25, -0.2) is 0 Å². The number of nitrogens with one attached hydrogen (secondary N) is 1. The molecule has 0 saturated heterocycles. The Bertz CT molecular complexity index is 760. The van der Waals surface area contributed by atoms with E-state index in [4.69, 9.17) is 9.47 Å². The topological polar surface area (TPSA) is 73.3 Å². The number of hydrogen-bond acceptors (Lipinski definition) is 6. The molecule has 23 heavy (non-hydrogen) atoms. The molecule has 2 aliphatic rings. The van der Waals surface area contributed by atoms with Gasteiger partial charge < -0.3 is 14.8 Å². The third-order valence-corrected chi connectivity index (χ3v) is 5.42. The highest BCUT2D eigenvalue weighted by atomic mass is 79.9. The minimum absolute atomic E-state index is 0.124. The van der Waals surface area contributed by atoms with Gasteiger partial charge >= 0.3 is 0 Å². The van der Waals surface area contributed by atoms with Crippen molar-refractivity contribution < 1.29 is 14.3 Å². The van der Waals surface area contributed by atoms with Crippen molar-refractivity contribution in [1.29, 1.82) is 0 Å². The highest BCUT2D eigenvalue weighted by molar-refractivity contribution is 9.10. The summed E-state index contributed by atoms with van der Waals surface area (Å²) >= 11 is 4.94. The van der Waals surface area contributed by atoms with Crippen LogP contribution in [0.1, 0.15) is 29.3 Å². The number of halogens is 1. The Morgan fingerprint density at radius 1 is 1.26 bits per heavy atom. The third kappa shape index (κ3) is 3.32. The standard InChI is InChI=1S/C15H14BrN3O3S/c16-10-7-12-11(21-3-4-22-12)5-9(10)6-13(20)17-15-19-18-14(23-15)8-1-2-8/h5,7-8H,1-4,6H2,(H,17,19,20). The molecule has 6 nitrogen and oxygen atoms in total. The van der Waals surface area contributed by atoms with Crippen molar-refractivity contribution in [1.82, 2.24) is 10.2 Å². The largest absolute Gasteiger partial charge is 0.486 e. The van der Waals surface area contributed by atoms with E-state index < -0.39 is 0 Å². The molecule has 1 aliphatic heterocycles. The van der Waals surface area contributed by atoms with Gasteiger partial charge in [-0.3, -0.25) is 4.79 Å². The lowest BCUT2D eigenvalue weighted by Crippen LogP contribution is -2.17. The van der Waals surface area contributed by atoms with E-state index in [9.17, 15) is 4.79 Å². The van der Waals surface area contributed by atoms with Gasteiger partial charge in [0.25, 0.3) is 0 Å². The van der Waals surface area contributed by atoms with E-state index in [1.807, 2.05) is 12.1 Å². The number of nitrogens with zero attached hydrogens (tertiary/aromatic N) is 2. The zero-order valence-electron chi connectivity index (χ0n) is 12.2. The van der Waals surface area contributed by atoms with Crippen LogP contribution < -0.4 is 14.8 Å². The molecule has 120 valence electrons. The summed E-state index contributed by atoms with van der Waals surface area (Å²) in [4.78, 5) is 12.2. The second-order valence-electron chi connectivity index (χ2n) is 5.53. The van der Waals surface area contributed by atoms with Gasteiger partial charge in [-0.2, -0.15) is 0 Å². The second kappa shape index (κ2) is 6.09. The minimum atomic E-state index is -0.124. The number of benzene rings is 1. The Morgan fingerprint density at radius 2 is 2.00 bits per heavy atom. The molecule has 1 amide bonds. The van der Waals surface area contributed by atoms with E-state index in [1.165, 1.54) is 24.2 Å². The molecular weight excluding hydrogens is 382 g/mol. The molecule has 1 N–H and O–H groups in total. The van der Waals surface area contributed by atoms with E-state index in [0.29, 0.717) is 35.8 Å². The fourth-order valence-corrected chi connectivity index (χ4v) is 3.75. The van der Waals surface area contributed by atoms with Crippen molar-refractivity contribution in [2.45, 2.75) is 25.2 Å². The molecule has 0 bridgehead atoms. The number of amides is 1. The van der Waals surface area contributed by atoms with Gasteiger partial charge in [0.2, 0.25) is 11.0 Å². The first-order valence-corrected chi connectivity index (χ1v) is 9.01. The molecule has 0 spiro atoms. The summed E-state index contributed by atoms with van der Waals surface area (Å²) in [5.41, 5.74) is 0.846. The molecule has 1 fully saturated rings. The number of carbonyl (C=O) groups is 1. The molecule has 8 heteroatoms. The number of hydrogen-bond donors (Lipinski definition) is 1. The SMILES string of the molecule is O=C(Cc1cc2c(cc1Br)OCCO2)Nc1nnc(C2CC2)s1. The van der Waals surface area contributed by atoms with Crippen LogP contribution in [0.5, 0.6) is 11.5 Å². The number of fused-ring (bicyclic) bond motifs is 1. The van der Waals surface area contributed by atoms with Gasteiger partial charge in [-0.15, -0.1) is 10.2 Å². The first-order chi connectivity index (χ1) is 11.2. The summed E-state index contributed by atoms with van der Waals surface area (Å²) in [6, 6.07) is 3.68. The molecule has 1 aromatic heterocycles. The van der Waals surface area contributed by atoms with E-state index in [0.717, 1.165) is 15.0 Å². The zero-order chi connectivity index (χ0) is 15.8. The van der Waals surface area contributed by atoms with Gasteiger partial charge in [0.15, 0.2) is 11.5 Å². The van der Waals surface area contributed by atoms with Crippen LogP contribution in [0, 0.1) is 0 Å². The fraction of sp³-hybridized carbons (Fsp3) is 0.400. The molecule has 0 atom stereocenters. The summed E-state index contributed by atoms with van der Waals surface area (Å²) in [7, 11) is 0. The highest BCUT2D eigenvalue weighted by Gasteiger charge is 2.27. The Labute approximate surface area is 145 Å². The van der Waals surface area contributed by atoms with Gasteiger partial charge in [-0.1, -0.05) is 27.3 Å². The lowest BCUT2D eigenvalue weighted by Gasteiger charge is -2.19. The first kappa shape index (κ1) is 14.9. The van der Waals surface area contributed by atoms with Crippen LogP contribution >= 0.6 is 27.3 Å². The van der Waals surface area contributed by atoms with Gasteiger partial charge in [0.1, 0.15) is 18.2 Å². The zero-order valence-corrected chi connectivity index (χ0v) is 14.6. The van der Waals surface area contributed by atoms with Crippen molar-refractivity contribution in [3.05, 3.63) is 27.2 Å². The quantitative estimate of drug-likeness (QED) is 0.860. The second-order valence-corrected chi connectivity index (χ2v) is 7.40. The van der Waals surface area contributed by atoms with Gasteiger partial charge in [0, 0.05) is 10.4 Å². The summed E-state index contributed by atoms with van der Waals surface area (Å²) in [6.07, 6.45) is 2.58. The minimum Gasteiger partial charge on any atom is -0.486 e. The number of aromatic nitrogens is 2. The monoisotopic (exact) mass is 395 g/mol. The number of carbonyl (C=O) groups excluding carboxylic acids is 1. The Balaban J connectivity index is 1.45. The molecule has 0 radical (unpaired) electrons. The maximum absolute atomic E-state index is 12.2. The fourth-order valence-electron chi connectivity index (χ4n) is 2.36. The maximum atomic E-state index is 12.2. The van der Waals surface area contributed by atoms with Crippen molar-refractivity contribution >= 4 is 38.3 Å².